The molecule has 0 fully saturated rings. The van der Waals surface area contributed by atoms with Gasteiger partial charge in [0.05, 0.1) is 0 Å². The second-order valence-electron chi connectivity index (χ2n) is 12.5. The van der Waals surface area contributed by atoms with Crippen LogP contribution in [0.2, 0.25) is 0 Å². The number of halogens is 6. The first-order chi connectivity index (χ1) is 22.8. The van der Waals surface area contributed by atoms with E-state index in [1.165, 1.54) is 5.56 Å². The first-order valence-electron chi connectivity index (χ1n) is 16.0. The molecule has 0 aliphatic carbocycles. The number of hydrogen-bond donors (Lipinski definition) is 0. The predicted molar refractivity (Wildman–Crippen MR) is 193 cm³/mol. The van der Waals surface area contributed by atoms with Crippen LogP contribution in [0, 0.1) is 0 Å². The quantitative estimate of drug-likeness (QED) is 0.187. The molecular formula is C41H52F6O3. The Morgan fingerprint density at radius 2 is 0.740 bits per heavy atom. The van der Waals surface area contributed by atoms with E-state index in [-0.39, 0.29) is 24.3 Å². The lowest BCUT2D eigenvalue weighted by molar-refractivity contribution is -0.288. The maximum Gasteiger partial charge on any atom is 0.411 e. The van der Waals surface area contributed by atoms with Gasteiger partial charge in [-0.25, -0.2) is 0 Å². The van der Waals surface area contributed by atoms with E-state index in [9.17, 15) is 26.3 Å². The number of alkyl halides is 6. The molecule has 0 aromatic heterocycles. The molecule has 0 heterocycles. The summed E-state index contributed by atoms with van der Waals surface area (Å²) in [6.07, 6.45) is -11.4. The Morgan fingerprint density at radius 3 is 1.04 bits per heavy atom. The fourth-order valence-corrected chi connectivity index (χ4v) is 4.90. The monoisotopic (exact) mass is 706 g/mol. The zero-order valence-corrected chi connectivity index (χ0v) is 29.9. The second kappa shape index (κ2) is 18.6. The summed E-state index contributed by atoms with van der Waals surface area (Å²) in [7, 11) is 0. The highest BCUT2D eigenvalue weighted by Crippen LogP contribution is 2.56. The van der Waals surface area contributed by atoms with E-state index >= 15 is 0 Å². The van der Waals surface area contributed by atoms with Crippen LogP contribution in [0.1, 0.15) is 93.4 Å². The van der Waals surface area contributed by atoms with Crippen molar-refractivity contribution >= 4 is 6.79 Å². The van der Waals surface area contributed by atoms with Crippen molar-refractivity contribution in [3.8, 4) is 28.4 Å². The summed E-state index contributed by atoms with van der Waals surface area (Å²) in [4.78, 5) is 8.00. The largest absolute Gasteiger partial charge is 0.488 e. The Labute approximate surface area is 294 Å². The van der Waals surface area contributed by atoms with E-state index in [4.69, 9.17) is 14.3 Å². The Balaban J connectivity index is 0.00000325. The van der Waals surface area contributed by atoms with Crippen LogP contribution in [-0.2, 0) is 15.6 Å². The molecule has 0 atom stereocenters. The van der Waals surface area contributed by atoms with Crippen LogP contribution in [0.3, 0.4) is 0 Å². The summed E-state index contributed by atoms with van der Waals surface area (Å²) in [6, 6.07) is 22.9. The molecule has 0 N–H and O–H groups in total. The lowest BCUT2D eigenvalue weighted by atomic mass is 9.73. The van der Waals surface area contributed by atoms with Gasteiger partial charge in [-0.2, -0.15) is 26.3 Å². The molecule has 0 unspecified atom stereocenters. The Kier molecular flexibility index (Phi) is 17.1. The molecule has 276 valence electrons. The van der Waals surface area contributed by atoms with Gasteiger partial charge in [-0.15, -0.1) is 0 Å². The van der Waals surface area contributed by atoms with Gasteiger partial charge in [-0.1, -0.05) is 117 Å². The van der Waals surface area contributed by atoms with Crippen molar-refractivity contribution in [2.75, 3.05) is 0 Å². The third kappa shape index (κ3) is 11.1. The van der Waals surface area contributed by atoms with E-state index in [2.05, 4.69) is 32.9 Å². The van der Waals surface area contributed by atoms with Crippen molar-refractivity contribution in [3.63, 3.8) is 0 Å². The van der Waals surface area contributed by atoms with Crippen molar-refractivity contribution in [3.05, 3.63) is 114 Å². The maximum absolute atomic E-state index is 14.5. The molecule has 0 bridgehead atoms. The number of carbonyl (C=O) groups is 1. The van der Waals surface area contributed by atoms with Crippen molar-refractivity contribution < 1.29 is 40.6 Å². The average molecular weight is 707 g/mol. The van der Waals surface area contributed by atoms with Gasteiger partial charge in [-0.3, -0.25) is 0 Å². The number of rotatable bonds is 6. The molecule has 4 rings (SSSR count). The number of ether oxygens (including phenoxy) is 2. The lowest BCUT2D eigenvalue weighted by Crippen LogP contribution is -2.54. The fourth-order valence-electron chi connectivity index (χ4n) is 4.90. The predicted octanol–water partition coefficient (Wildman–Crippen LogP) is 13.5. The van der Waals surface area contributed by atoms with Crippen LogP contribution < -0.4 is 9.47 Å². The highest BCUT2D eigenvalue weighted by Gasteiger charge is 2.72. The summed E-state index contributed by atoms with van der Waals surface area (Å²) in [5.74, 6) is 0.638. The standard InChI is InChI=1S/C35H34F6O2.2C2H6.CH2O.CH4/c1-31(2,3)25-11-7-23(8-12-25)24-9-17-28(18-10-24)42-29-19-13-26(14-20-29)33(34(36,37)38,35(39,40)41)27-15-21-30(22-16-27)43-32(4,5)6;3*1-2;/h7-22H,1-6H3;2*1-2H3;1H2;1H4. The third-order valence-corrected chi connectivity index (χ3v) is 7.02. The number of hydrogen-bond acceptors (Lipinski definition) is 3. The number of benzene rings is 4. The molecule has 0 amide bonds. The van der Waals surface area contributed by atoms with Crippen molar-refractivity contribution in [2.45, 2.75) is 105 Å². The van der Waals surface area contributed by atoms with Crippen LogP contribution in [0.25, 0.3) is 11.1 Å². The molecule has 0 saturated heterocycles. The Bertz CT molecular complexity index is 1510. The normalized spacial score (nSPS) is 11.6. The van der Waals surface area contributed by atoms with Gasteiger partial charge in [0.1, 0.15) is 29.6 Å². The van der Waals surface area contributed by atoms with Crippen LogP contribution in [-0.4, -0.2) is 24.7 Å². The minimum atomic E-state index is -5.69. The Morgan fingerprint density at radius 1 is 0.460 bits per heavy atom. The highest BCUT2D eigenvalue weighted by atomic mass is 19.4. The first kappa shape index (κ1) is 45.7. The first-order valence-corrected chi connectivity index (χ1v) is 16.0. The minimum absolute atomic E-state index is 0. The molecule has 3 nitrogen and oxygen atoms in total. The van der Waals surface area contributed by atoms with Crippen molar-refractivity contribution in [1.29, 1.82) is 0 Å². The van der Waals surface area contributed by atoms with E-state index in [0.29, 0.717) is 5.75 Å². The van der Waals surface area contributed by atoms with Gasteiger partial charge in [0, 0.05) is 0 Å². The SMILES string of the molecule is C.C=O.CC.CC.CC(C)(C)Oc1ccc(C(c2ccc(Oc3ccc(-c4ccc(C(C)(C)C)cc4)cc3)cc2)(C(F)(F)F)C(F)(F)F)cc1. The van der Waals surface area contributed by atoms with Crippen LogP contribution in [0.5, 0.6) is 17.2 Å². The van der Waals surface area contributed by atoms with Crippen LogP contribution >= 0.6 is 0 Å². The molecule has 9 heteroatoms. The van der Waals surface area contributed by atoms with Crippen molar-refractivity contribution in [2.24, 2.45) is 0 Å². The molecule has 0 spiro atoms. The summed E-state index contributed by atoms with van der Waals surface area (Å²) in [5.41, 5.74) is -3.72. The third-order valence-electron chi connectivity index (χ3n) is 7.02. The average Bonchev–Trinajstić information content (AvgIpc) is 3.04. The topological polar surface area (TPSA) is 35.5 Å². The molecule has 50 heavy (non-hydrogen) atoms. The molecule has 4 aromatic carbocycles. The maximum atomic E-state index is 14.5. The van der Waals surface area contributed by atoms with Gasteiger partial charge >= 0.3 is 12.4 Å². The zero-order valence-electron chi connectivity index (χ0n) is 29.9. The summed E-state index contributed by atoms with van der Waals surface area (Å²) >= 11 is 0. The molecule has 0 radical (unpaired) electrons. The summed E-state index contributed by atoms with van der Waals surface area (Å²) in [5, 5.41) is 0. The zero-order chi connectivity index (χ0) is 37.8. The number of carbonyl (C=O) groups excluding carboxylic acids is 1. The summed E-state index contributed by atoms with van der Waals surface area (Å²) in [6.45, 7) is 21.6. The molecule has 0 saturated carbocycles. The molecule has 0 aliphatic rings. The van der Waals surface area contributed by atoms with Gasteiger partial charge in [-0.05, 0) is 90.4 Å². The molecule has 4 aromatic rings. The van der Waals surface area contributed by atoms with E-state index in [0.717, 1.165) is 59.7 Å². The highest BCUT2D eigenvalue weighted by molar-refractivity contribution is 5.64. The van der Waals surface area contributed by atoms with Gasteiger partial charge in [0.15, 0.2) is 0 Å². The van der Waals surface area contributed by atoms with Crippen molar-refractivity contribution in [1.82, 2.24) is 0 Å². The van der Waals surface area contributed by atoms with Gasteiger partial charge in [0.25, 0.3) is 0 Å². The molecule has 0 aliphatic heterocycles. The van der Waals surface area contributed by atoms with Crippen LogP contribution in [0.4, 0.5) is 26.3 Å². The van der Waals surface area contributed by atoms with E-state index < -0.39 is 34.5 Å². The van der Waals surface area contributed by atoms with Crippen LogP contribution in [0.15, 0.2) is 97.1 Å². The lowest BCUT2D eigenvalue weighted by Gasteiger charge is -2.38. The van der Waals surface area contributed by atoms with Gasteiger partial charge in [0.2, 0.25) is 5.41 Å². The summed E-state index contributed by atoms with van der Waals surface area (Å²) < 4.78 is 98.6. The van der Waals surface area contributed by atoms with Gasteiger partial charge < -0.3 is 14.3 Å². The molecular weight excluding hydrogens is 654 g/mol. The fraction of sp³-hybridized carbons (Fsp3) is 0.390. The van der Waals surface area contributed by atoms with E-state index in [1.807, 2.05) is 58.7 Å². The Hall–Kier alpha value is -4.27. The van der Waals surface area contributed by atoms with E-state index in [1.54, 1.807) is 32.9 Å². The second-order valence-corrected chi connectivity index (χ2v) is 12.5. The smallest absolute Gasteiger partial charge is 0.411 e. The minimum Gasteiger partial charge on any atom is -0.488 e.